The third kappa shape index (κ3) is 7.41. The van der Waals surface area contributed by atoms with Gasteiger partial charge < -0.3 is 30.7 Å². The van der Waals surface area contributed by atoms with E-state index >= 15 is 0 Å². The van der Waals surface area contributed by atoms with Crippen LogP contribution in [0.1, 0.15) is 26.3 Å². The molecule has 0 aliphatic carbocycles. The van der Waals surface area contributed by atoms with E-state index in [0.717, 1.165) is 5.56 Å². The van der Waals surface area contributed by atoms with Gasteiger partial charge in [0.2, 0.25) is 5.91 Å². The first-order valence-corrected chi connectivity index (χ1v) is 9.87. The van der Waals surface area contributed by atoms with E-state index in [0.29, 0.717) is 17.2 Å². The van der Waals surface area contributed by atoms with Crippen molar-refractivity contribution in [1.29, 1.82) is 0 Å². The van der Waals surface area contributed by atoms with E-state index in [1.54, 1.807) is 55.7 Å². The van der Waals surface area contributed by atoms with Gasteiger partial charge in [0.1, 0.15) is 0 Å². The van der Waals surface area contributed by atoms with Gasteiger partial charge in [0.15, 0.2) is 11.5 Å². The summed E-state index contributed by atoms with van der Waals surface area (Å²) in [5, 5.41) is 20.1. The Morgan fingerprint density at radius 2 is 1.50 bits per heavy atom. The quantitative estimate of drug-likeness (QED) is 0.303. The van der Waals surface area contributed by atoms with Gasteiger partial charge in [-0.25, -0.2) is 9.59 Å². The molecule has 0 saturated heterocycles. The zero-order valence-corrected chi connectivity index (χ0v) is 18.5. The number of methoxy groups -OCH3 is 2. The highest BCUT2D eigenvalue weighted by Gasteiger charge is 2.10. The van der Waals surface area contributed by atoms with Crippen molar-refractivity contribution in [3.63, 3.8) is 0 Å². The van der Waals surface area contributed by atoms with Gasteiger partial charge in [0, 0.05) is 11.8 Å². The molecule has 0 atom stereocenters. The van der Waals surface area contributed by atoms with Crippen LogP contribution in [0.5, 0.6) is 11.5 Å². The molecule has 9 heteroatoms. The Morgan fingerprint density at radius 1 is 0.853 bits per heavy atom. The molecule has 0 bridgehead atoms. The third-order valence-corrected chi connectivity index (χ3v) is 4.41. The lowest BCUT2D eigenvalue weighted by Crippen LogP contribution is -2.11. The molecular formula is C25H24N2O7. The zero-order chi connectivity index (χ0) is 25.1. The molecule has 0 aromatic heterocycles. The molecule has 34 heavy (non-hydrogen) atoms. The second-order valence-electron chi connectivity index (χ2n) is 6.71. The third-order valence-electron chi connectivity index (χ3n) is 4.41. The fourth-order valence-corrected chi connectivity index (χ4v) is 2.71. The molecule has 9 nitrogen and oxygen atoms in total. The van der Waals surface area contributed by atoms with Gasteiger partial charge in [0.05, 0.1) is 31.0 Å². The van der Waals surface area contributed by atoms with Crippen molar-refractivity contribution in [3.05, 3.63) is 89.5 Å². The van der Waals surface area contributed by atoms with Crippen molar-refractivity contribution < 1.29 is 34.1 Å². The van der Waals surface area contributed by atoms with Crippen LogP contribution in [0.2, 0.25) is 0 Å². The molecule has 5 N–H and O–H groups in total. The molecule has 0 saturated carbocycles. The summed E-state index contributed by atoms with van der Waals surface area (Å²) >= 11 is 0. The predicted octanol–water partition coefficient (Wildman–Crippen LogP) is 4.02. The second kappa shape index (κ2) is 12.3. The molecule has 0 aliphatic rings. The minimum atomic E-state index is -1.10. The van der Waals surface area contributed by atoms with Crippen LogP contribution in [0, 0.1) is 0 Å². The van der Waals surface area contributed by atoms with Crippen LogP contribution in [0.15, 0.2) is 72.8 Å². The molecule has 0 aliphatic heterocycles. The number of para-hydroxylation sites is 1. The highest BCUT2D eigenvalue weighted by molar-refractivity contribution is 6.06. The van der Waals surface area contributed by atoms with Crippen LogP contribution in [-0.4, -0.2) is 42.3 Å². The monoisotopic (exact) mass is 464 g/mol. The number of nitrogens with two attached hydrogens (primary N) is 1. The molecule has 0 fully saturated rings. The fourth-order valence-electron chi connectivity index (χ4n) is 2.71. The van der Waals surface area contributed by atoms with Crippen molar-refractivity contribution in [3.8, 4) is 11.5 Å². The number of amides is 1. The highest BCUT2D eigenvalue weighted by atomic mass is 16.5. The van der Waals surface area contributed by atoms with E-state index in [4.69, 9.17) is 25.4 Å². The number of hydrogen-bond donors (Lipinski definition) is 4. The van der Waals surface area contributed by atoms with Crippen molar-refractivity contribution in [2.45, 2.75) is 0 Å². The molecule has 3 rings (SSSR count). The van der Waals surface area contributed by atoms with Crippen LogP contribution >= 0.6 is 0 Å². The standard InChI is InChI=1S/C18H17NO5.C7H7NO2/c1-23-15-9-7-12(11-16(15)24-2)8-10-17(20)19-14-6-4-3-5-13(14)18(21)22;8-6-3-1-5(2-4-6)7(9)10/h3-11H,1-2H3,(H,19,20)(H,21,22);1-4H,8H2,(H,9,10). The van der Waals surface area contributed by atoms with E-state index in [2.05, 4.69) is 5.32 Å². The first kappa shape index (κ1) is 25.5. The number of carbonyl (C=O) groups excluding carboxylic acids is 1. The van der Waals surface area contributed by atoms with Gasteiger partial charge in [-0.1, -0.05) is 18.2 Å². The summed E-state index contributed by atoms with van der Waals surface area (Å²) < 4.78 is 10.3. The highest BCUT2D eigenvalue weighted by Crippen LogP contribution is 2.28. The maximum atomic E-state index is 12.0. The molecule has 0 heterocycles. The summed E-state index contributed by atoms with van der Waals surface area (Å²) in [6.07, 6.45) is 2.92. The number of anilines is 2. The van der Waals surface area contributed by atoms with Crippen molar-refractivity contribution in [1.82, 2.24) is 0 Å². The van der Waals surface area contributed by atoms with E-state index in [9.17, 15) is 14.4 Å². The molecule has 0 spiro atoms. The average Bonchev–Trinajstić information content (AvgIpc) is 2.83. The van der Waals surface area contributed by atoms with Crippen LogP contribution in [-0.2, 0) is 4.79 Å². The van der Waals surface area contributed by atoms with Crippen LogP contribution in [0.25, 0.3) is 6.08 Å². The van der Waals surface area contributed by atoms with Gasteiger partial charge in [-0.05, 0) is 60.2 Å². The Balaban J connectivity index is 0.000000340. The number of carboxylic acid groups (broad SMARTS) is 2. The summed E-state index contributed by atoms with van der Waals surface area (Å²) in [5.74, 6) is -1.32. The van der Waals surface area contributed by atoms with Crippen molar-refractivity contribution >= 4 is 35.3 Å². The number of ether oxygens (including phenoxy) is 2. The molecule has 3 aromatic carbocycles. The predicted molar refractivity (Wildman–Crippen MR) is 128 cm³/mol. The number of hydrogen-bond acceptors (Lipinski definition) is 6. The van der Waals surface area contributed by atoms with E-state index in [-0.39, 0.29) is 16.8 Å². The summed E-state index contributed by atoms with van der Waals surface area (Å²) in [7, 11) is 3.07. The van der Waals surface area contributed by atoms with Gasteiger partial charge >= 0.3 is 11.9 Å². The Kier molecular flexibility index (Phi) is 9.21. The summed E-state index contributed by atoms with van der Waals surface area (Å²) in [4.78, 5) is 33.4. The average molecular weight is 464 g/mol. The molecule has 1 amide bonds. The number of benzene rings is 3. The minimum Gasteiger partial charge on any atom is -0.493 e. The number of nitrogens with one attached hydrogen (secondary N) is 1. The molecule has 0 unspecified atom stereocenters. The Bertz CT molecular complexity index is 1190. The van der Waals surface area contributed by atoms with Crippen LogP contribution in [0.4, 0.5) is 11.4 Å². The van der Waals surface area contributed by atoms with Crippen LogP contribution in [0.3, 0.4) is 0 Å². The molecule has 0 radical (unpaired) electrons. The summed E-state index contributed by atoms with van der Waals surface area (Å²) in [6.45, 7) is 0. The topological polar surface area (TPSA) is 148 Å². The second-order valence-corrected chi connectivity index (χ2v) is 6.71. The maximum Gasteiger partial charge on any atom is 0.337 e. The zero-order valence-electron chi connectivity index (χ0n) is 18.5. The lowest BCUT2D eigenvalue weighted by atomic mass is 10.1. The van der Waals surface area contributed by atoms with E-state index < -0.39 is 17.8 Å². The van der Waals surface area contributed by atoms with Crippen LogP contribution < -0.4 is 20.5 Å². The first-order valence-electron chi connectivity index (χ1n) is 9.87. The van der Waals surface area contributed by atoms with Gasteiger partial charge in [0.25, 0.3) is 0 Å². The lowest BCUT2D eigenvalue weighted by molar-refractivity contribution is -0.111. The normalized spacial score (nSPS) is 10.1. The number of carbonyl (C=O) groups is 3. The smallest absolute Gasteiger partial charge is 0.337 e. The first-order chi connectivity index (χ1) is 16.2. The van der Waals surface area contributed by atoms with E-state index in [1.807, 2.05) is 0 Å². The minimum absolute atomic E-state index is 0.0327. The Labute approximate surface area is 196 Å². The number of nitrogen functional groups attached to an aromatic ring is 1. The molecular weight excluding hydrogens is 440 g/mol. The van der Waals surface area contributed by atoms with Crippen molar-refractivity contribution in [2.24, 2.45) is 0 Å². The Hall–Kier alpha value is -4.79. The van der Waals surface area contributed by atoms with Gasteiger partial charge in [-0.2, -0.15) is 0 Å². The number of aromatic carboxylic acids is 2. The number of rotatable bonds is 7. The summed E-state index contributed by atoms with van der Waals surface area (Å²) in [6, 6.07) is 17.5. The fraction of sp³-hybridized carbons (Fsp3) is 0.0800. The summed E-state index contributed by atoms with van der Waals surface area (Å²) in [5.41, 5.74) is 7.19. The van der Waals surface area contributed by atoms with E-state index in [1.165, 1.54) is 37.5 Å². The Morgan fingerprint density at radius 3 is 2.09 bits per heavy atom. The van der Waals surface area contributed by atoms with Gasteiger partial charge in [-0.3, -0.25) is 4.79 Å². The van der Waals surface area contributed by atoms with Crippen molar-refractivity contribution in [2.75, 3.05) is 25.3 Å². The largest absolute Gasteiger partial charge is 0.493 e. The molecule has 176 valence electrons. The maximum absolute atomic E-state index is 12.0. The SMILES string of the molecule is COc1ccc(C=CC(=O)Nc2ccccc2C(=O)O)cc1OC.Nc1ccc(C(=O)O)cc1. The molecule has 3 aromatic rings. The van der Waals surface area contributed by atoms with Gasteiger partial charge in [-0.15, -0.1) is 0 Å². The lowest BCUT2D eigenvalue weighted by Gasteiger charge is -2.08. The number of carboxylic acids is 2.